The molecule has 1 aliphatic rings. The first-order chi connectivity index (χ1) is 9.02. The smallest absolute Gasteiger partial charge is 0.251 e. The highest BCUT2D eigenvalue weighted by atomic mass is 16.1. The molecule has 0 bridgehead atoms. The molecule has 1 atom stereocenters. The molecule has 1 aromatic rings. The van der Waals surface area contributed by atoms with Gasteiger partial charge in [-0.3, -0.25) is 4.79 Å². The van der Waals surface area contributed by atoms with Crippen molar-refractivity contribution in [2.45, 2.75) is 45.6 Å². The minimum absolute atomic E-state index is 0.0479. The van der Waals surface area contributed by atoms with Crippen LogP contribution in [0.2, 0.25) is 0 Å². The Balaban J connectivity index is 2.04. The average Bonchev–Trinajstić information content (AvgIpc) is 2.69. The van der Waals surface area contributed by atoms with E-state index in [-0.39, 0.29) is 5.91 Å². The van der Waals surface area contributed by atoms with Gasteiger partial charge >= 0.3 is 0 Å². The highest BCUT2D eigenvalue weighted by Crippen LogP contribution is 2.37. The average molecular weight is 260 g/mol. The summed E-state index contributed by atoms with van der Waals surface area (Å²) in [5.74, 6) is 0.0479. The van der Waals surface area contributed by atoms with Crippen LogP contribution in [0, 0.1) is 5.41 Å². The van der Waals surface area contributed by atoms with Gasteiger partial charge in [0.2, 0.25) is 0 Å². The predicted molar refractivity (Wildman–Crippen MR) is 78.1 cm³/mol. The van der Waals surface area contributed by atoms with Crippen molar-refractivity contribution >= 4 is 5.91 Å². The third-order valence-corrected chi connectivity index (χ3v) is 3.98. The summed E-state index contributed by atoms with van der Waals surface area (Å²) in [7, 11) is 0. The maximum atomic E-state index is 12.4. The maximum absolute atomic E-state index is 12.4. The van der Waals surface area contributed by atoms with E-state index < -0.39 is 0 Å². The van der Waals surface area contributed by atoms with E-state index in [1.165, 1.54) is 6.42 Å². The number of hydrogen-bond acceptors (Lipinski definition) is 2. The van der Waals surface area contributed by atoms with Crippen molar-refractivity contribution in [3.8, 4) is 0 Å². The minimum atomic E-state index is 0.0479. The number of amides is 1. The van der Waals surface area contributed by atoms with Crippen LogP contribution < -0.4 is 11.1 Å². The van der Waals surface area contributed by atoms with Crippen LogP contribution in [-0.4, -0.2) is 18.5 Å². The van der Waals surface area contributed by atoms with E-state index in [2.05, 4.69) is 19.2 Å². The van der Waals surface area contributed by atoms with Gasteiger partial charge in [-0.05, 0) is 49.3 Å². The molecular weight excluding hydrogens is 236 g/mol. The highest BCUT2D eigenvalue weighted by Gasteiger charge is 2.31. The molecule has 1 aliphatic carbocycles. The summed E-state index contributed by atoms with van der Waals surface area (Å²) in [5.41, 5.74) is 7.77. The maximum Gasteiger partial charge on any atom is 0.251 e. The van der Waals surface area contributed by atoms with E-state index in [9.17, 15) is 4.79 Å². The number of hydrogen-bond donors (Lipinski definition) is 2. The van der Waals surface area contributed by atoms with Gasteiger partial charge in [-0.25, -0.2) is 0 Å². The molecule has 2 rings (SSSR count). The number of carbonyl (C=O) groups is 1. The summed E-state index contributed by atoms with van der Waals surface area (Å²) in [4.78, 5) is 12.4. The molecule has 0 heterocycles. The van der Waals surface area contributed by atoms with Crippen molar-refractivity contribution in [2.24, 2.45) is 11.1 Å². The number of benzene rings is 1. The van der Waals surface area contributed by atoms with Crippen LogP contribution in [0.3, 0.4) is 0 Å². The Labute approximate surface area is 115 Å². The number of rotatable bonds is 4. The quantitative estimate of drug-likeness (QED) is 0.874. The Morgan fingerprint density at radius 3 is 2.79 bits per heavy atom. The molecule has 1 unspecified atom stereocenters. The van der Waals surface area contributed by atoms with Gasteiger partial charge in [-0.15, -0.1) is 0 Å². The molecule has 0 spiro atoms. The Hall–Kier alpha value is -1.35. The van der Waals surface area contributed by atoms with Gasteiger partial charge in [0.15, 0.2) is 0 Å². The Morgan fingerprint density at radius 2 is 2.16 bits per heavy atom. The van der Waals surface area contributed by atoms with E-state index in [0.717, 1.165) is 30.4 Å². The van der Waals surface area contributed by atoms with Gasteiger partial charge in [0.25, 0.3) is 5.91 Å². The van der Waals surface area contributed by atoms with Crippen LogP contribution >= 0.6 is 0 Å². The Kier molecular flexibility index (Phi) is 4.25. The van der Waals surface area contributed by atoms with Gasteiger partial charge < -0.3 is 11.1 Å². The lowest BCUT2D eigenvalue weighted by Gasteiger charge is -2.18. The van der Waals surface area contributed by atoms with E-state index in [1.807, 2.05) is 24.3 Å². The summed E-state index contributed by atoms with van der Waals surface area (Å²) in [6, 6.07) is 8.06. The van der Waals surface area contributed by atoms with Gasteiger partial charge in [0.05, 0.1) is 0 Å². The summed E-state index contributed by atoms with van der Waals surface area (Å²) < 4.78 is 0. The van der Waals surface area contributed by atoms with Crippen molar-refractivity contribution in [3.63, 3.8) is 0 Å². The van der Waals surface area contributed by atoms with E-state index in [4.69, 9.17) is 5.73 Å². The molecule has 1 amide bonds. The first kappa shape index (κ1) is 14.1. The molecule has 19 heavy (non-hydrogen) atoms. The highest BCUT2D eigenvalue weighted by molar-refractivity contribution is 5.95. The third-order valence-electron chi connectivity index (χ3n) is 3.98. The standard InChI is InChI=1S/C16H24N2O/c1-16(2)9-7-13(11-16)18-15(19)14-6-4-3-5-12(14)8-10-17/h3-6,13H,7-11,17H2,1-2H3,(H,18,19). The Morgan fingerprint density at radius 1 is 1.42 bits per heavy atom. The van der Waals surface area contributed by atoms with Crippen molar-refractivity contribution in [1.29, 1.82) is 0 Å². The normalized spacial score (nSPS) is 21.3. The lowest BCUT2D eigenvalue weighted by molar-refractivity contribution is 0.0935. The molecule has 3 nitrogen and oxygen atoms in total. The summed E-state index contributed by atoms with van der Waals surface area (Å²) in [5, 5.41) is 3.17. The second-order valence-electron chi connectivity index (χ2n) is 6.27. The fourth-order valence-electron chi connectivity index (χ4n) is 2.94. The first-order valence-corrected chi connectivity index (χ1v) is 7.11. The summed E-state index contributed by atoms with van der Waals surface area (Å²) in [6.07, 6.45) is 4.08. The molecule has 1 aromatic carbocycles. The third kappa shape index (κ3) is 3.57. The fourth-order valence-corrected chi connectivity index (χ4v) is 2.94. The molecule has 3 heteroatoms. The lowest BCUT2D eigenvalue weighted by atomic mass is 9.92. The van der Waals surface area contributed by atoms with Crippen LogP contribution in [0.4, 0.5) is 0 Å². The number of carbonyl (C=O) groups excluding carboxylic acids is 1. The van der Waals surface area contributed by atoms with Crippen LogP contribution in [0.1, 0.15) is 49.0 Å². The molecule has 104 valence electrons. The molecular formula is C16H24N2O. The largest absolute Gasteiger partial charge is 0.349 e. The molecule has 0 aromatic heterocycles. The van der Waals surface area contributed by atoms with Gasteiger partial charge in [0.1, 0.15) is 0 Å². The number of nitrogens with two attached hydrogens (primary N) is 1. The second-order valence-corrected chi connectivity index (χ2v) is 6.27. The van der Waals surface area contributed by atoms with Crippen LogP contribution in [0.15, 0.2) is 24.3 Å². The van der Waals surface area contributed by atoms with E-state index >= 15 is 0 Å². The molecule has 1 fully saturated rings. The topological polar surface area (TPSA) is 55.1 Å². The van der Waals surface area contributed by atoms with Crippen molar-refractivity contribution < 1.29 is 4.79 Å². The first-order valence-electron chi connectivity index (χ1n) is 7.11. The predicted octanol–water partition coefficient (Wildman–Crippen LogP) is 2.50. The summed E-state index contributed by atoms with van der Waals surface area (Å²) >= 11 is 0. The fraction of sp³-hybridized carbons (Fsp3) is 0.562. The molecule has 0 saturated heterocycles. The van der Waals surface area contributed by atoms with Gasteiger partial charge in [0, 0.05) is 11.6 Å². The van der Waals surface area contributed by atoms with Gasteiger partial charge in [-0.2, -0.15) is 0 Å². The molecule has 0 aliphatic heterocycles. The lowest BCUT2D eigenvalue weighted by Crippen LogP contribution is -2.34. The van der Waals surface area contributed by atoms with E-state index in [0.29, 0.717) is 18.0 Å². The molecule has 1 saturated carbocycles. The van der Waals surface area contributed by atoms with Crippen LogP contribution in [0.25, 0.3) is 0 Å². The molecule has 0 radical (unpaired) electrons. The monoisotopic (exact) mass is 260 g/mol. The zero-order valence-electron chi connectivity index (χ0n) is 11.9. The van der Waals surface area contributed by atoms with Gasteiger partial charge in [-0.1, -0.05) is 32.0 Å². The number of nitrogens with one attached hydrogen (secondary N) is 1. The minimum Gasteiger partial charge on any atom is -0.349 e. The SMILES string of the molecule is CC1(C)CCC(NC(=O)c2ccccc2CCN)C1. The zero-order chi connectivity index (χ0) is 13.9. The summed E-state index contributed by atoms with van der Waals surface area (Å²) in [6.45, 7) is 5.10. The van der Waals surface area contributed by atoms with E-state index in [1.54, 1.807) is 0 Å². The van der Waals surface area contributed by atoms with Crippen molar-refractivity contribution in [3.05, 3.63) is 35.4 Å². The second kappa shape index (κ2) is 5.74. The Bertz CT molecular complexity index is 454. The zero-order valence-corrected chi connectivity index (χ0v) is 11.9. The van der Waals surface area contributed by atoms with Crippen LogP contribution in [0.5, 0.6) is 0 Å². The van der Waals surface area contributed by atoms with Crippen LogP contribution in [-0.2, 0) is 6.42 Å². The molecule has 3 N–H and O–H groups in total. The van der Waals surface area contributed by atoms with Crippen molar-refractivity contribution in [1.82, 2.24) is 5.32 Å². The van der Waals surface area contributed by atoms with Crippen molar-refractivity contribution in [2.75, 3.05) is 6.54 Å².